The number of nitrogens with zero attached hydrogens (tertiary/aromatic N) is 1. The molecule has 0 aromatic carbocycles. The number of carbonyl (C=O) groups is 2. The van der Waals surface area contributed by atoms with Crippen molar-refractivity contribution < 1.29 is 14.3 Å². The van der Waals surface area contributed by atoms with Gasteiger partial charge in [-0.3, -0.25) is 9.59 Å². The van der Waals surface area contributed by atoms with Crippen molar-refractivity contribution in [3.63, 3.8) is 0 Å². The lowest BCUT2D eigenvalue weighted by molar-refractivity contribution is -0.135. The molecule has 2 aliphatic heterocycles. The van der Waals surface area contributed by atoms with Crippen LogP contribution >= 0.6 is 0 Å². The van der Waals surface area contributed by atoms with E-state index in [-0.39, 0.29) is 18.4 Å². The molecule has 6 heteroatoms. The molecule has 3 N–H and O–H groups in total. The monoisotopic (exact) mass is 255 g/mol. The summed E-state index contributed by atoms with van der Waals surface area (Å²) in [6.07, 6.45) is 3.13. The number of hydrogen-bond donors (Lipinski definition) is 2. The predicted molar refractivity (Wildman–Crippen MR) is 65.8 cm³/mol. The van der Waals surface area contributed by atoms with Crippen molar-refractivity contribution in [3.8, 4) is 0 Å². The highest BCUT2D eigenvalue weighted by atomic mass is 16.5. The predicted octanol–water partition coefficient (Wildman–Crippen LogP) is -0.767. The van der Waals surface area contributed by atoms with Crippen LogP contribution in [-0.4, -0.2) is 55.1 Å². The molecule has 2 aliphatic rings. The molecular formula is C12H21N3O3. The van der Waals surface area contributed by atoms with E-state index in [2.05, 4.69) is 5.32 Å². The zero-order valence-corrected chi connectivity index (χ0v) is 10.6. The number of ether oxygens (including phenoxy) is 1. The maximum atomic E-state index is 12.0. The van der Waals surface area contributed by atoms with E-state index in [1.165, 1.54) is 0 Å². The normalized spacial score (nSPS) is 22.8. The smallest absolute Gasteiger partial charge is 0.241 e. The van der Waals surface area contributed by atoms with Gasteiger partial charge in [-0.15, -0.1) is 0 Å². The van der Waals surface area contributed by atoms with Gasteiger partial charge in [-0.2, -0.15) is 0 Å². The molecule has 0 bridgehead atoms. The maximum Gasteiger partial charge on any atom is 0.241 e. The van der Waals surface area contributed by atoms with Gasteiger partial charge in [0.25, 0.3) is 0 Å². The highest BCUT2D eigenvalue weighted by Gasteiger charge is 2.36. The average Bonchev–Trinajstić information content (AvgIpc) is 2.90. The van der Waals surface area contributed by atoms with Crippen LogP contribution in [0.1, 0.15) is 25.7 Å². The Morgan fingerprint density at radius 3 is 2.44 bits per heavy atom. The number of carbonyl (C=O) groups excluding carboxylic acids is 2. The zero-order chi connectivity index (χ0) is 13.0. The van der Waals surface area contributed by atoms with Crippen LogP contribution in [0.2, 0.25) is 0 Å². The molecule has 2 amide bonds. The van der Waals surface area contributed by atoms with Gasteiger partial charge in [0.2, 0.25) is 11.8 Å². The summed E-state index contributed by atoms with van der Waals surface area (Å²) in [4.78, 5) is 25.5. The molecule has 2 heterocycles. The lowest BCUT2D eigenvalue weighted by Crippen LogP contribution is -2.58. The molecule has 6 nitrogen and oxygen atoms in total. The Kier molecular flexibility index (Phi) is 4.19. The van der Waals surface area contributed by atoms with Crippen LogP contribution in [-0.2, 0) is 14.3 Å². The highest BCUT2D eigenvalue weighted by Crippen LogP contribution is 2.17. The Bertz CT molecular complexity index is 321. The third-order valence-electron chi connectivity index (χ3n) is 3.70. The van der Waals surface area contributed by atoms with Gasteiger partial charge >= 0.3 is 0 Å². The van der Waals surface area contributed by atoms with E-state index < -0.39 is 5.54 Å². The molecule has 0 radical (unpaired) electrons. The fourth-order valence-corrected chi connectivity index (χ4v) is 2.37. The highest BCUT2D eigenvalue weighted by molar-refractivity contribution is 5.90. The minimum Gasteiger partial charge on any atom is -0.381 e. The summed E-state index contributed by atoms with van der Waals surface area (Å²) in [5.41, 5.74) is 5.15. The van der Waals surface area contributed by atoms with Crippen molar-refractivity contribution in [1.29, 1.82) is 0 Å². The summed E-state index contributed by atoms with van der Waals surface area (Å²) < 4.78 is 5.19. The standard InChI is InChI=1S/C12H21N3O3/c13-12(3-7-18-8-4-12)11(17)14-9-10(16)15-5-1-2-6-15/h1-9,13H2,(H,14,17). The zero-order valence-electron chi connectivity index (χ0n) is 10.6. The van der Waals surface area contributed by atoms with E-state index >= 15 is 0 Å². The van der Waals surface area contributed by atoms with Crippen LogP contribution in [0.3, 0.4) is 0 Å². The Hall–Kier alpha value is -1.14. The number of nitrogens with two attached hydrogens (primary N) is 1. The van der Waals surface area contributed by atoms with Gasteiger partial charge in [0, 0.05) is 26.3 Å². The second kappa shape index (κ2) is 5.67. The van der Waals surface area contributed by atoms with E-state index in [0.717, 1.165) is 25.9 Å². The number of hydrogen-bond acceptors (Lipinski definition) is 4. The average molecular weight is 255 g/mol. The maximum absolute atomic E-state index is 12.0. The van der Waals surface area contributed by atoms with Gasteiger partial charge in [0.05, 0.1) is 12.1 Å². The lowest BCUT2D eigenvalue weighted by atomic mass is 9.90. The Labute approximate surface area is 107 Å². The number of amides is 2. The first-order valence-corrected chi connectivity index (χ1v) is 6.54. The molecule has 0 aromatic rings. The van der Waals surface area contributed by atoms with Crippen molar-refractivity contribution >= 4 is 11.8 Å². The summed E-state index contributed by atoms with van der Waals surface area (Å²) in [6.45, 7) is 2.67. The molecule has 0 saturated carbocycles. The van der Waals surface area contributed by atoms with Crippen LogP contribution in [0, 0.1) is 0 Å². The summed E-state index contributed by atoms with van der Waals surface area (Å²) in [5.74, 6) is -0.255. The number of nitrogens with one attached hydrogen (secondary N) is 1. The minimum atomic E-state index is -0.871. The Morgan fingerprint density at radius 2 is 1.83 bits per heavy atom. The van der Waals surface area contributed by atoms with E-state index in [9.17, 15) is 9.59 Å². The van der Waals surface area contributed by atoms with Crippen LogP contribution < -0.4 is 11.1 Å². The Balaban J connectivity index is 1.78. The van der Waals surface area contributed by atoms with Crippen LogP contribution in [0.15, 0.2) is 0 Å². The first-order chi connectivity index (χ1) is 8.62. The largest absolute Gasteiger partial charge is 0.381 e. The van der Waals surface area contributed by atoms with Crippen molar-refractivity contribution in [2.75, 3.05) is 32.8 Å². The summed E-state index contributed by atoms with van der Waals surface area (Å²) in [5, 5.41) is 2.66. The molecule has 2 saturated heterocycles. The van der Waals surface area contributed by atoms with Crippen LogP contribution in [0.5, 0.6) is 0 Å². The van der Waals surface area contributed by atoms with E-state index in [4.69, 9.17) is 10.5 Å². The molecular weight excluding hydrogens is 234 g/mol. The van der Waals surface area contributed by atoms with Crippen molar-refractivity contribution in [2.24, 2.45) is 5.73 Å². The van der Waals surface area contributed by atoms with E-state index in [1.807, 2.05) is 0 Å². The first kappa shape index (κ1) is 13.3. The van der Waals surface area contributed by atoms with Crippen LogP contribution in [0.4, 0.5) is 0 Å². The molecule has 0 atom stereocenters. The number of rotatable bonds is 3. The lowest BCUT2D eigenvalue weighted by Gasteiger charge is -2.31. The quantitative estimate of drug-likeness (QED) is 0.694. The molecule has 0 spiro atoms. The summed E-state index contributed by atoms with van der Waals surface area (Å²) in [7, 11) is 0. The molecule has 0 unspecified atom stereocenters. The summed E-state index contributed by atoms with van der Waals surface area (Å²) in [6, 6.07) is 0. The fourth-order valence-electron chi connectivity index (χ4n) is 2.37. The molecule has 102 valence electrons. The van der Waals surface area contributed by atoms with Crippen LogP contribution in [0.25, 0.3) is 0 Å². The topological polar surface area (TPSA) is 84.7 Å². The van der Waals surface area contributed by atoms with Crippen molar-refractivity contribution in [1.82, 2.24) is 10.2 Å². The molecule has 0 aromatic heterocycles. The first-order valence-electron chi connectivity index (χ1n) is 6.54. The van der Waals surface area contributed by atoms with Gasteiger partial charge in [-0.1, -0.05) is 0 Å². The van der Waals surface area contributed by atoms with Gasteiger partial charge in [-0.05, 0) is 25.7 Å². The third-order valence-corrected chi connectivity index (χ3v) is 3.70. The molecule has 18 heavy (non-hydrogen) atoms. The SMILES string of the molecule is NC1(C(=O)NCC(=O)N2CCCC2)CCOCC1. The van der Waals surface area contributed by atoms with E-state index in [1.54, 1.807) is 4.90 Å². The fraction of sp³-hybridized carbons (Fsp3) is 0.833. The molecule has 2 rings (SSSR count). The van der Waals surface area contributed by atoms with Gasteiger partial charge < -0.3 is 20.7 Å². The second-order valence-corrected chi connectivity index (χ2v) is 5.04. The molecule has 2 fully saturated rings. The second-order valence-electron chi connectivity index (χ2n) is 5.04. The Morgan fingerprint density at radius 1 is 1.22 bits per heavy atom. The summed E-state index contributed by atoms with van der Waals surface area (Å²) >= 11 is 0. The number of likely N-dealkylation sites (tertiary alicyclic amines) is 1. The van der Waals surface area contributed by atoms with Gasteiger partial charge in [0.15, 0.2) is 0 Å². The minimum absolute atomic E-state index is 0.0171. The van der Waals surface area contributed by atoms with Crippen molar-refractivity contribution in [3.05, 3.63) is 0 Å². The third kappa shape index (κ3) is 3.00. The molecule has 0 aliphatic carbocycles. The van der Waals surface area contributed by atoms with E-state index in [0.29, 0.717) is 26.1 Å². The van der Waals surface area contributed by atoms with Crippen molar-refractivity contribution in [2.45, 2.75) is 31.2 Å². The van der Waals surface area contributed by atoms with Gasteiger partial charge in [-0.25, -0.2) is 0 Å². The van der Waals surface area contributed by atoms with Gasteiger partial charge in [0.1, 0.15) is 0 Å².